The van der Waals surface area contributed by atoms with Crippen molar-refractivity contribution in [1.82, 2.24) is 9.99 Å². The average Bonchev–Trinajstić information content (AvgIpc) is 2.95. The van der Waals surface area contributed by atoms with Gasteiger partial charge in [-0.25, -0.2) is 5.43 Å². The number of rotatable bonds is 4. The number of carbonyl (C=O) groups is 2. The van der Waals surface area contributed by atoms with Gasteiger partial charge in [0.25, 0.3) is 0 Å². The first-order chi connectivity index (χ1) is 14.3. The van der Waals surface area contributed by atoms with Crippen LogP contribution < -0.4 is 10.7 Å². The van der Waals surface area contributed by atoms with E-state index in [9.17, 15) is 9.59 Å². The van der Waals surface area contributed by atoms with Gasteiger partial charge >= 0.3 is 11.8 Å². The fourth-order valence-corrected chi connectivity index (χ4v) is 3.58. The smallest absolute Gasteiger partial charge is 0.318 e. The van der Waals surface area contributed by atoms with Crippen molar-refractivity contribution in [3.05, 3.63) is 81.6 Å². The van der Waals surface area contributed by atoms with Gasteiger partial charge in [0.15, 0.2) is 0 Å². The zero-order valence-electron chi connectivity index (χ0n) is 17.3. The minimum atomic E-state index is -0.866. The number of nitrogens with zero attached hydrogens (tertiary/aromatic N) is 2. The molecule has 0 aliphatic rings. The number of aromatic nitrogens is 1. The fraction of sp³-hybridized carbons (Fsp3) is 0.174. The number of hydrogen-bond donors (Lipinski definition) is 2. The van der Waals surface area contributed by atoms with Gasteiger partial charge in [0.2, 0.25) is 0 Å². The van der Waals surface area contributed by atoms with Gasteiger partial charge in [0.1, 0.15) is 0 Å². The second kappa shape index (κ2) is 8.97. The van der Waals surface area contributed by atoms with Gasteiger partial charge in [-0.1, -0.05) is 35.9 Å². The Labute approximate surface area is 180 Å². The molecule has 2 N–H and O–H groups in total. The van der Waals surface area contributed by atoms with E-state index in [1.165, 1.54) is 17.3 Å². The van der Waals surface area contributed by atoms with Crippen LogP contribution in [-0.4, -0.2) is 22.6 Å². The molecule has 1 heterocycles. The van der Waals surface area contributed by atoms with Crippen molar-refractivity contribution < 1.29 is 9.59 Å². The van der Waals surface area contributed by atoms with Crippen molar-refractivity contribution in [2.24, 2.45) is 5.10 Å². The molecular weight excluding hydrogens is 400 g/mol. The van der Waals surface area contributed by atoms with Gasteiger partial charge in [-0.15, -0.1) is 0 Å². The van der Waals surface area contributed by atoms with Crippen LogP contribution in [0.25, 0.3) is 5.69 Å². The second-order valence-corrected chi connectivity index (χ2v) is 7.50. The summed E-state index contributed by atoms with van der Waals surface area (Å²) in [6, 6.07) is 14.7. The van der Waals surface area contributed by atoms with Crippen LogP contribution in [0.3, 0.4) is 0 Å². The number of carbonyl (C=O) groups excluding carboxylic acids is 2. The topological polar surface area (TPSA) is 75.5 Å². The molecule has 0 atom stereocenters. The van der Waals surface area contributed by atoms with Crippen molar-refractivity contribution in [2.75, 3.05) is 5.32 Å². The maximum Gasteiger partial charge on any atom is 0.329 e. The molecule has 0 fully saturated rings. The van der Waals surface area contributed by atoms with Crippen LogP contribution in [0.15, 0.2) is 53.6 Å². The van der Waals surface area contributed by atoms with Gasteiger partial charge in [0.05, 0.1) is 11.9 Å². The summed E-state index contributed by atoms with van der Waals surface area (Å²) in [6.45, 7) is 8.17. The lowest BCUT2D eigenvalue weighted by Crippen LogP contribution is -2.32. The molecule has 0 saturated heterocycles. The van der Waals surface area contributed by atoms with Crippen molar-refractivity contribution in [1.29, 1.82) is 0 Å². The van der Waals surface area contributed by atoms with Crippen LogP contribution in [0.5, 0.6) is 0 Å². The molecule has 1 aromatic heterocycles. The molecule has 0 bridgehead atoms. The molecule has 154 valence electrons. The molecule has 2 amide bonds. The van der Waals surface area contributed by atoms with Crippen LogP contribution in [0.1, 0.15) is 28.1 Å². The quantitative estimate of drug-likeness (QED) is 0.370. The Morgan fingerprint density at radius 3 is 2.30 bits per heavy atom. The van der Waals surface area contributed by atoms with E-state index in [2.05, 4.69) is 46.4 Å². The number of benzene rings is 2. The summed E-state index contributed by atoms with van der Waals surface area (Å²) in [7, 11) is 0. The first-order valence-corrected chi connectivity index (χ1v) is 9.81. The molecule has 0 saturated carbocycles. The van der Waals surface area contributed by atoms with Gasteiger partial charge < -0.3 is 9.88 Å². The lowest BCUT2D eigenvalue weighted by molar-refractivity contribution is -0.136. The molecule has 0 spiro atoms. The Bertz CT molecular complexity index is 1130. The number of hydrazone groups is 1. The van der Waals surface area contributed by atoms with E-state index in [-0.39, 0.29) is 0 Å². The molecule has 6 nitrogen and oxygen atoms in total. The Balaban J connectivity index is 1.72. The molecule has 0 radical (unpaired) electrons. The summed E-state index contributed by atoms with van der Waals surface area (Å²) in [6.07, 6.45) is 1.54. The predicted molar refractivity (Wildman–Crippen MR) is 121 cm³/mol. The number of anilines is 1. The number of halogens is 1. The second-order valence-electron chi connectivity index (χ2n) is 7.07. The highest BCUT2D eigenvalue weighted by molar-refractivity contribution is 6.39. The van der Waals surface area contributed by atoms with E-state index in [0.717, 1.165) is 22.6 Å². The van der Waals surface area contributed by atoms with E-state index in [0.29, 0.717) is 10.7 Å². The normalized spacial score (nSPS) is 11.0. The van der Waals surface area contributed by atoms with Crippen LogP contribution in [0, 0.1) is 27.7 Å². The Kier molecular flexibility index (Phi) is 6.37. The maximum atomic E-state index is 12.0. The average molecular weight is 423 g/mol. The first-order valence-electron chi connectivity index (χ1n) is 9.43. The summed E-state index contributed by atoms with van der Waals surface area (Å²) >= 11 is 5.88. The molecule has 0 unspecified atom stereocenters. The number of aryl methyl sites for hydroxylation is 3. The lowest BCUT2D eigenvalue weighted by Gasteiger charge is -2.15. The number of amides is 2. The molecule has 0 aliphatic heterocycles. The molecule has 7 heteroatoms. The van der Waals surface area contributed by atoms with E-state index in [4.69, 9.17) is 11.6 Å². The zero-order chi connectivity index (χ0) is 21.8. The van der Waals surface area contributed by atoms with Crippen molar-refractivity contribution in [3.8, 4) is 5.69 Å². The molecule has 3 rings (SSSR count). The third kappa shape index (κ3) is 4.60. The fourth-order valence-electron chi connectivity index (χ4n) is 3.39. The van der Waals surface area contributed by atoms with Crippen LogP contribution in [-0.2, 0) is 9.59 Å². The van der Waals surface area contributed by atoms with Crippen molar-refractivity contribution in [3.63, 3.8) is 0 Å². The van der Waals surface area contributed by atoms with Gasteiger partial charge in [0, 0.05) is 27.7 Å². The molecular formula is C23H23ClN4O2. The third-order valence-corrected chi connectivity index (χ3v) is 5.03. The van der Waals surface area contributed by atoms with Gasteiger partial charge in [-0.3, -0.25) is 9.59 Å². The van der Waals surface area contributed by atoms with Crippen molar-refractivity contribution in [2.45, 2.75) is 27.7 Å². The zero-order valence-corrected chi connectivity index (χ0v) is 18.0. The van der Waals surface area contributed by atoms with Crippen molar-refractivity contribution >= 4 is 35.3 Å². The van der Waals surface area contributed by atoms with E-state index < -0.39 is 11.8 Å². The molecule has 3 aromatic rings. The van der Waals surface area contributed by atoms with Crippen LogP contribution in [0.4, 0.5) is 5.69 Å². The number of hydrogen-bond acceptors (Lipinski definition) is 3. The number of para-hydroxylation sites is 1. The highest BCUT2D eigenvalue weighted by atomic mass is 35.5. The first kappa shape index (κ1) is 21.3. The van der Waals surface area contributed by atoms with E-state index >= 15 is 0 Å². The van der Waals surface area contributed by atoms with E-state index in [1.54, 1.807) is 24.3 Å². The monoisotopic (exact) mass is 422 g/mol. The summed E-state index contributed by atoms with van der Waals surface area (Å²) in [4.78, 5) is 24.0. The highest BCUT2D eigenvalue weighted by Crippen LogP contribution is 2.25. The molecule has 2 aromatic carbocycles. The largest absolute Gasteiger partial charge is 0.329 e. The summed E-state index contributed by atoms with van der Waals surface area (Å²) in [5, 5.41) is 6.89. The molecule has 30 heavy (non-hydrogen) atoms. The van der Waals surface area contributed by atoms with E-state index in [1.807, 2.05) is 26.0 Å². The summed E-state index contributed by atoms with van der Waals surface area (Å²) in [5.41, 5.74) is 9.07. The van der Waals surface area contributed by atoms with Gasteiger partial charge in [-0.05, 0) is 63.1 Å². The minimum Gasteiger partial charge on any atom is -0.318 e. The number of nitrogens with one attached hydrogen (secondary N) is 2. The van der Waals surface area contributed by atoms with Gasteiger partial charge in [-0.2, -0.15) is 5.10 Å². The summed E-state index contributed by atoms with van der Waals surface area (Å²) in [5.74, 6) is -1.69. The SMILES string of the molecule is Cc1cccc(C)c1-n1c(C)cc(C=NNC(=O)C(=O)Nc2cccc(Cl)c2)c1C. The minimum absolute atomic E-state index is 0.434. The maximum absolute atomic E-state index is 12.0. The van der Waals surface area contributed by atoms with Crippen LogP contribution in [0.2, 0.25) is 5.02 Å². The third-order valence-electron chi connectivity index (χ3n) is 4.79. The predicted octanol–water partition coefficient (Wildman–Crippen LogP) is 4.45. The highest BCUT2D eigenvalue weighted by Gasteiger charge is 2.15. The Morgan fingerprint density at radius 2 is 1.63 bits per heavy atom. The Hall–Kier alpha value is -3.38. The Morgan fingerprint density at radius 1 is 0.967 bits per heavy atom. The lowest BCUT2D eigenvalue weighted by atomic mass is 10.1. The van der Waals surface area contributed by atoms with Crippen LogP contribution >= 0.6 is 11.6 Å². The summed E-state index contributed by atoms with van der Waals surface area (Å²) < 4.78 is 2.17. The molecule has 0 aliphatic carbocycles. The standard InChI is InChI=1S/C23H23ClN4O2/c1-14-7-5-8-15(2)21(14)28-16(3)11-18(17(28)4)13-25-27-23(30)22(29)26-20-10-6-9-19(24)12-20/h5-13H,1-4H3,(H,26,29)(H,27,30).